The summed E-state index contributed by atoms with van der Waals surface area (Å²) in [5.74, 6) is 0.699. The molecule has 0 radical (unpaired) electrons. The van der Waals surface area contributed by atoms with Crippen LogP contribution in [0.25, 0.3) is 10.9 Å². The van der Waals surface area contributed by atoms with Crippen molar-refractivity contribution in [2.75, 3.05) is 13.1 Å². The van der Waals surface area contributed by atoms with E-state index >= 15 is 0 Å². The first-order valence-corrected chi connectivity index (χ1v) is 6.87. The van der Waals surface area contributed by atoms with E-state index in [1.165, 1.54) is 36.0 Å². The predicted molar refractivity (Wildman–Crippen MR) is 73.4 cm³/mol. The van der Waals surface area contributed by atoms with E-state index in [4.69, 9.17) is 5.73 Å². The minimum atomic E-state index is 0.699. The maximum Gasteiger partial charge on any atom is 0.0459 e. The summed E-state index contributed by atoms with van der Waals surface area (Å²) >= 11 is 0. The van der Waals surface area contributed by atoms with Gasteiger partial charge in [0.05, 0.1) is 0 Å². The molecule has 3 heterocycles. The molecule has 1 aromatic carbocycles. The topological polar surface area (TPSA) is 45.1 Å². The van der Waals surface area contributed by atoms with Crippen LogP contribution in [0.15, 0.2) is 24.3 Å². The Kier molecular flexibility index (Phi) is 2.26. The summed E-state index contributed by atoms with van der Waals surface area (Å²) in [4.78, 5) is 6.19. The summed E-state index contributed by atoms with van der Waals surface area (Å²) in [5.41, 5.74) is 10.1. The standard InChI is InChI=1S/C15H19N3/c16-7-10-5-11-6-13-12-3-1-2-4-14(12)17-15(13)9-18(11)8-10/h1-4,10-11,17H,5-9,16H2. The molecule has 3 heteroatoms. The van der Waals surface area contributed by atoms with Gasteiger partial charge in [0.15, 0.2) is 0 Å². The van der Waals surface area contributed by atoms with Crippen LogP contribution in [-0.2, 0) is 13.0 Å². The van der Waals surface area contributed by atoms with Crippen LogP contribution >= 0.6 is 0 Å². The lowest BCUT2D eigenvalue weighted by Gasteiger charge is -2.29. The summed E-state index contributed by atoms with van der Waals surface area (Å²) in [7, 11) is 0. The fourth-order valence-electron chi connectivity index (χ4n) is 3.73. The second kappa shape index (κ2) is 3.84. The van der Waals surface area contributed by atoms with E-state index in [0.717, 1.165) is 13.1 Å². The molecule has 18 heavy (non-hydrogen) atoms. The van der Waals surface area contributed by atoms with Gasteiger partial charge in [-0.2, -0.15) is 0 Å². The van der Waals surface area contributed by atoms with E-state index < -0.39 is 0 Å². The summed E-state index contributed by atoms with van der Waals surface area (Å²) < 4.78 is 0. The van der Waals surface area contributed by atoms with Gasteiger partial charge in [-0.15, -0.1) is 0 Å². The number of hydrogen-bond donors (Lipinski definition) is 2. The smallest absolute Gasteiger partial charge is 0.0459 e. The molecule has 2 aromatic rings. The molecule has 1 fully saturated rings. The number of H-pyrrole nitrogens is 1. The molecule has 4 rings (SSSR count). The molecule has 0 bridgehead atoms. The van der Waals surface area contributed by atoms with Gasteiger partial charge in [0.25, 0.3) is 0 Å². The third-order valence-electron chi connectivity index (χ3n) is 4.65. The quantitative estimate of drug-likeness (QED) is 0.800. The highest BCUT2D eigenvalue weighted by atomic mass is 15.2. The van der Waals surface area contributed by atoms with Gasteiger partial charge in [0.1, 0.15) is 0 Å². The van der Waals surface area contributed by atoms with Gasteiger partial charge in [-0.1, -0.05) is 18.2 Å². The van der Waals surface area contributed by atoms with Gasteiger partial charge in [0, 0.05) is 35.7 Å². The lowest BCUT2D eigenvalue weighted by molar-refractivity contribution is 0.223. The number of para-hydroxylation sites is 1. The molecule has 2 unspecified atom stereocenters. The number of aromatic amines is 1. The van der Waals surface area contributed by atoms with Crippen molar-refractivity contribution in [1.29, 1.82) is 0 Å². The fourth-order valence-corrected chi connectivity index (χ4v) is 3.73. The molecule has 0 saturated carbocycles. The van der Waals surface area contributed by atoms with Gasteiger partial charge >= 0.3 is 0 Å². The third-order valence-corrected chi connectivity index (χ3v) is 4.65. The number of fused-ring (bicyclic) bond motifs is 4. The number of nitrogens with zero attached hydrogens (tertiary/aromatic N) is 1. The lowest BCUT2D eigenvalue weighted by atomic mass is 9.95. The molecule has 2 atom stereocenters. The van der Waals surface area contributed by atoms with E-state index in [0.29, 0.717) is 12.0 Å². The SMILES string of the molecule is NCC1CC2Cc3c([nH]c4ccccc34)CN2C1. The van der Waals surface area contributed by atoms with Gasteiger partial charge in [-0.05, 0) is 36.9 Å². The van der Waals surface area contributed by atoms with Crippen LogP contribution < -0.4 is 5.73 Å². The molecule has 94 valence electrons. The summed E-state index contributed by atoms with van der Waals surface area (Å²) in [6.45, 7) is 3.09. The number of aromatic nitrogens is 1. The van der Waals surface area contributed by atoms with Gasteiger partial charge in [-0.25, -0.2) is 0 Å². The summed E-state index contributed by atoms with van der Waals surface area (Å²) in [5, 5.41) is 1.42. The van der Waals surface area contributed by atoms with E-state index in [9.17, 15) is 0 Å². The first kappa shape index (κ1) is 10.6. The van der Waals surface area contributed by atoms with E-state index in [1.54, 1.807) is 5.56 Å². The van der Waals surface area contributed by atoms with Crippen LogP contribution in [0.3, 0.4) is 0 Å². The largest absolute Gasteiger partial charge is 0.357 e. The van der Waals surface area contributed by atoms with Crippen molar-refractivity contribution in [2.24, 2.45) is 11.7 Å². The average Bonchev–Trinajstić information content (AvgIpc) is 2.95. The molecule has 1 saturated heterocycles. The van der Waals surface area contributed by atoms with E-state index in [2.05, 4.69) is 34.1 Å². The number of rotatable bonds is 1. The van der Waals surface area contributed by atoms with Crippen molar-refractivity contribution >= 4 is 10.9 Å². The van der Waals surface area contributed by atoms with Crippen molar-refractivity contribution in [3.05, 3.63) is 35.5 Å². The molecule has 0 aliphatic carbocycles. The summed E-state index contributed by atoms with van der Waals surface area (Å²) in [6.07, 6.45) is 2.46. The Balaban J connectivity index is 1.74. The number of nitrogens with one attached hydrogen (secondary N) is 1. The second-order valence-electron chi connectivity index (χ2n) is 5.75. The van der Waals surface area contributed by atoms with Crippen LogP contribution in [0.4, 0.5) is 0 Å². The molecule has 1 aromatic heterocycles. The Morgan fingerprint density at radius 2 is 2.22 bits per heavy atom. The second-order valence-corrected chi connectivity index (χ2v) is 5.75. The highest BCUT2D eigenvalue weighted by molar-refractivity contribution is 5.84. The van der Waals surface area contributed by atoms with E-state index in [1.807, 2.05) is 0 Å². The minimum Gasteiger partial charge on any atom is -0.357 e. The maximum atomic E-state index is 5.82. The van der Waals surface area contributed by atoms with Crippen LogP contribution in [0, 0.1) is 5.92 Å². The Labute approximate surface area is 107 Å². The average molecular weight is 241 g/mol. The molecular weight excluding hydrogens is 222 g/mol. The van der Waals surface area contributed by atoms with Crippen LogP contribution in [0.2, 0.25) is 0 Å². The molecular formula is C15H19N3. The number of nitrogens with two attached hydrogens (primary N) is 1. The zero-order valence-corrected chi connectivity index (χ0v) is 10.5. The third kappa shape index (κ3) is 1.44. The Bertz CT molecular complexity index is 586. The number of benzene rings is 1. The zero-order chi connectivity index (χ0) is 12.1. The Morgan fingerprint density at radius 1 is 1.33 bits per heavy atom. The highest BCUT2D eigenvalue weighted by Gasteiger charge is 2.36. The van der Waals surface area contributed by atoms with Crippen molar-refractivity contribution in [3.8, 4) is 0 Å². The molecule has 3 nitrogen and oxygen atoms in total. The van der Waals surface area contributed by atoms with Gasteiger partial charge in [0.2, 0.25) is 0 Å². The first-order chi connectivity index (χ1) is 8.85. The summed E-state index contributed by atoms with van der Waals surface area (Å²) in [6, 6.07) is 9.39. The normalized spacial score (nSPS) is 27.4. The van der Waals surface area contributed by atoms with Crippen LogP contribution in [0.1, 0.15) is 17.7 Å². The van der Waals surface area contributed by atoms with Crippen molar-refractivity contribution in [1.82, 2.24) is 9.88 Å². The minimum absolute atomic E-state index is 0.699. The highest BCUT2D eigenvalue weighted by Crippen LogP contribution is 2.35. The molecule has 0 spiro atoms. The molecule has 2 aliphatic rings. The molecule has 0 amide bonds. The van der Waals surface area contributed by atoms with Gasteiger partial charge < -0.3 is 10.7 Å². The predicted octanol–water partition coefficient (Wildman–Crippen LogP) is 1.87. The number of hydrogen-bond acceptors (Lipinski definition) is 2. The lowest BCUT2D eigenvalue weighted by Crippen LogP contribution is -2.35. The molecule has 3 N–H and O–H groups in total. The zero-order valence-electron chi connectivity index (χ0n) is 10.5. The monoisotopic (exact) mass is 241 g/mol. The van der Waals surface area contributed by atoms with Crippen molar-refractivity contribution in [3.63, 3.8) is 0 Å². The van der Waals surface area contributed by atoms with Gasteiger partial charge in [-0.3, -0.25) is 4.90 Å². The van der Waals surface area contributed by atoms with Crippen molar-refractivity contribution < 1.29 is 0 Å². The Morgan fingerprint density at radius 3 is 3.11 bits per heavy atom. The van der Waals surface area contributed by atoms with Crippen LogP contribution in [-0.4, -0.2) is 29.0 Å². The Hall–Kier alpha value is -1.32. The van der Waals surface area contributed by atoms with E-state index in [-0.39, 0.29) is 0 Å². The van der Waals surface area contributed by atoms with Crippen LogP contribution in [0.5, 0.6) is 0 Å². The maximum absolute atomic E-state index is 5.82. The molecule has 2 aliphatic heterocycles. The van der Waals surface area contributed by atoms with Crippen molar-refractivity contribution in [2.45, 2.75) is 25.4 Å². The fraction of sp³-hybridized carbons (Fsp3) is 0.467. The first-order valence-electron chi connectivity index (χ1n) is 6.87.